The average Bonchev–Trinajstić information content (AvgIpc) is 3.81. The van der Waals surface area contributed by atoms with Crippen LogP contribution in [0.15, 0.2) is 146 Å². The first-order valence-electron chi connectivity index (χ1n) is 15.3. The van der Waals surface area contributed by atoms with Gasteiger partial charge in [0.25, 0.3) is 0 Å². The lowest BCUT2D eigenvalue weighted by molar-refractivity contribution is 1.37. The molecular weight excluding hydrogens is 532 g/mol. The Morgan fingerprint density at radius 2 is 0.682 bits per heavy atom. The van der Waals surface area contributed by atoms with Gasteiger partial charge in [-0.25, -0.2) is 0 Å². The molecule has 7 aromatic carbocycles. The van der Waals surface area contributed by atoms with Crippen LogP contribution in [0.1, 0.15) is 0 Å². The molecule has 0 atom stereocenters. The van der Waals surface area contributed by atoms with Gasteiger partial charge in [0.05, 0.1) is 33.1 Å². The maximum atomic E-state index is 2.47. The predicted octanol–water partition coefficient (Wildman–Crippen LogP) is 11.3. The first-order valence-corrected chi connectivity index (χ1v) is 15.3. The number of hydrogen-bond acceptors (Lipinski definition) is 0. The summed E-state index contributed by atoms with van der Waals surface area (Å²) < 4.78 is 4.92. The molecule has 0 fully saturated rings. The second-order valence-corrected chi connectivity index (χ2v) is 12.2. The van der Waals surface area contributed by atoms with Gasteiger partial charge in [0, 0.05) is 43.1 Å². The molecule has 0 aliphatic heterocycles. The summed E-state index contributed by atoms with van der Waals surface area (Å²) in [5.41, 5.74) is 12.7. The Kier molecular flexibility index (Phi) is 4.10. The molecule has 0 aliphatic rings. The van der Waals surface area contributed by atoms with Crippen LogP contribution in [0.4, 0.5) is 0 Å². The summed E-state index contributed by atoms with van der Waals surface area (Å²) in [7, 11) is 0. The molecule has 0 radical (unpaired) electrons. The summed E-state index contributed by atoms with van der Waals surface area (Å²) >= 11 is 0. The van der Waals surface area contributed by atoms with E-state index in [4.69, 9.17) is 0 Å². The molecule has 0 amide bonds. The first-order chi connectivity index (χ1) is 21.8. The van der Waals surface area contributed by atoms with E-state index >= 15 is 0 Å². The third kappa shape index (κ3) is 2.72. The van der Waals surface area contributed by atoms with E-state index in [9.17, 15) is 0 Å². The van der Waals surface area contributed by atoms with E-state index in [1.807, 2.05) is 0 Å². The van der Waals surface area contributed by atoms with Gasteiger partial charge >= 0.3 is 0 Å². The number of fused-ring (bicyclic) bond motifs is 12. The van der Waals surface area contributed by atoms with E-state index in [1.165, 1.54) is 98.4 Å². The van der Waals surface area contributed by atoms with Crippen molar-refractivity contribution in [2.75, 3.05) is 0 Å². The molecule has 4 aromatic heterocycles. The molecule has 202 valence electrons. The molecular formula is C42H24N2. The number of nitrogens with zero attached hydrogens (tertiary/aromatic N) is 2. The lowest BCUT2D eigenvalue weighted by Gasteiger charge is -2.06. The average molecular weight is 557 g/mol. The van der Waals surface area contributed by atoms with Crippen LogP contribution in [0.3, 0.4) is 0 Å². The van der Waals surface area contributed by atoms with Crippen molar-refractivity contribution in [1.29, 1.82) is 0 Å². The van der Waals surface area contributed by atoms with Crippen LogP contribution in [0, 0.1) is 0 Å². The maximum Gasteiger partial charge on any atom is 0.0620 e. The molecule has 0 N–H and O–H groups in total. The normalized spacial score (nSPS) is 12.5. The van der Waals surface area contributed by atoms with E-state index in [1.54, 1.807) is 0 Å². The van der Waals surface area contributed by atoms with Gasteiger partial charge < -0.3 is 8.80 Å². The molecule has 0 bridgehead atoms. The number of para-hydroxylation sites is 3. The zero-order chi connectivity index (χ0) is 28.5. The largest absolute Gasteiger partial charge is 0.308 e. The fourth-order valence-electron chi connectivity index (χ4n) is 8.09. The zero-order valence-electron chi connectivity index (χ0n) is 23.8. The van der Waals surface area contributed by atoms with Crippen molar-refractivity contribution in [2.45, 2.75) is 0 Å². The highest BCUT2D eigenvalue weighted by molar-refractivity contribution is 6.26. The highest BCUT2D eigenvalue weighted by atomic mass is 14.9. The summed E-state index contributed by atoms with van der Waals surface area (Å²) in [6, 6.07) is 53.9. The first kappa shape index (κ1) is 22.7. The summed E-state index contributed by atoms with van der Waals surface area (Å²) in [6.07, 6.45) is 0. The van der Waals surface area contributed by atoms with Crippen molar-refractivity contribution < 1.29 is 0 Å². The Bertz CT molecular complexity index is 2920. The Morgan fingerprint density at radius 3 is 1.36 bits per heavy atom. The lowest BCUT2D eigenvalue weighted by Crippen LogP contribution is -1.83. The van der Waals surface area contributed by atoms with Crippen LogP contribution in [-0.4, -0.2) is 8.80 Å². The number of benzene rings is 7. The standard InChI is InChI=1S/C42H24N2/c1-2-9-25(10-3-1)26-17-19-40-34(21-26)36-24-28(23-35-30-12-5-7-16-38(30)44(40)42(35)36)27-18-20-39-33(22-27)32-14-8-13-31-29-11-4-6-15-37(29)43(39)41(31)32/h1-24H. The predicted molar refractivity (Wildman–Crippen MR) is 187 cm³/mol. The van der Waals surface area contributed by atoms with Gasteiger partial charge in [0.1, 0.15) is 0 Å². The third-order valence-corrected chi connectivity index (χ3v) is 9.96. The van der Waals surface area contributed by atoms with Crippen molar-refractivity contribution in [3.05, 3.63) is 146 Å². The zero-order valence-corrected chi connectivity index (χ0v) is 23.8. The molecule has 0 unspecified atom stereocenters. The minimum absolute atomic E-state index is 1.24. The Labute approximate surface area is 252 Å². The van der Waals surface area contributed by atoms with Crippen molar-refractivity contribution >= 4 is 76.2 Å². The molecule has 11 rings (SSSR count). The van der Waals surface area contributed by atoms with Crippen LogP contribution in [0.2, 0.25) is 0 Å². The van der Waals surface area contributed by atoms with Crippen molar-refractivity contribution in [2.24, 2.45) is 0 Å². The molecule has 44 heavy (non-hydrogen) atoms. The lowest BCUT2D eigenvalue weighted by atomic mass is 9.97. The van der Waals surface area contributed by atoms with Crippen molar-refractivity contribution in [1.82, 2.24) is 8.80 Å². The van der Waals surface area contributed by atoms with Gasteiger partial charge in [-0.15, -0.1) is 0 Å². The minimum Gasteiger partial charge on any atom is -0.308 e. The van der Waals surface area contributed by atoms with E-state index in [2.05, 4.69) is 154 Å². The Morgan fingerprint density at radius 1 is 0.250 bits per heavy atom. The van der Waals surface area contributed by atoms with E-state index in [0.717, 1.165) is 0 Å². The second-order valence-electron chi connectivity index (χ2n) is 12.2. The van der Waals surface area contributed by atoms with Gasteiger partial charge in [-0.3, -0.25) is 0 Å². The number of aromatic nitrogens is 2. The highest BCUT2D eigenvalue weighted by Gasteiger charge is 2.21. The van der Waals surface area contributed by atoms with Crippen LogP contribution < -0.4 is 0 Å². The van der Waals surface area contributed by atoms with Crippen LogP contribution in [0.25, 0.3) is 98.4 Å². The second kappa shape index (κ2) is 7.94. The summed E-state index contributed by atoms with van der Waals surface area (Å²) in [4.78, 5) is 0. The fourth-order valence-corrected chi connectivity index (χ4v) is 8.09. The minimum atomic E-state index is 1.24. The van der Waals surface area contributed by atoms with E-state index in [0.29, 0.717) is 0 Å². The summed E-state index contributed by atoms with van der Waals surface area (Å²) in [5, 5.41) is 10.5. The highest BCUT2D eigenvalue weighted by Crippen LogP contribution is 2.44. The molecule has 2 heteroatoms. The quantitative estimate of drug-likeness (QED) is 0.200. The van der Waals surface area contributed by atoms with Crippen molar-refractivity contribution in [3.8, 4) is 22.3 Å². The number of rotatable bonds is 2. The van der Waals surface area contributed by atoms with Crippen molar-refractivity contribution in [3.63, 3.8) is 0 Å². The summed E-state index contributed by atoms with van der Waals surface area (Å²) in [6.45, 7) is 0. The van der Waals surface area contributed by atoms with Gasteiger partial charge in [0.2, 0.25) is 0 Å². The molecule has 0 saturated carbocycles. The van der Waals surface area contributed by atoms with Crippen LogP contribution >= 0.6 is 0 Å². The molecule has 2 nitrogen and oxygen atoms in total. The smallest absolute Gasteiger partial charge is 0.0620 e. The Balaban J connectivity index is 1.23. The van der Waals surface area contributed by atoms with Crippen LogP contribution in [-0.2, 0) is 0 Å². The molecule has 11 aromatic rings. The van der Waals surface area contributed by atoms with Gasteiger partial charge in [-0.1, -0.05) is 97.1 Å². The molecule has 4 heterocycles. The third-order valence-electron chi connectivity index (χ3n) is 9.96. The SMILES string of the molecule is c1ccc(-c2ccc3c(c2)c2cc(-c4ccc5c(c4)c4cccc6c7ccccc7n5c64)cc4c5ccccc5n3c42)cc1. The van der Waals surface area contributed by atoms with Gasteiger partial charge in [-0.05, 0) is 70.8 Å². The van der Waals surface area contributed by atoms with E-state index in [-0.39, 0.29) is 0 Å². The topological polar surface area (TPSA) is 8.82 Å². The van der Waals surface area contributed by atoms with Gasteiger partial charge in [-0.2, -0.15) is 0 Å². The number of hydrogen-bond donors (Lipinski definition) is 0. The summed E-state index contributed by atoms with van der Waals surface area (Å²) in [5.74, 6) is 0. The van der Waals surface area contributed by atoms with E-state index < -0.39 is 0 Å². The molecule has 0 spiro atoms. The Hall–Kier alpha value is -5.86. The molecule has 0 saturated heterocycles. The fraction of sp³-hybridized carbons (Fsp3) is 0. The maximum absolute atomic E-state index is 2.47. The monoisotopic (exact) mass is 556 g/mol. The molecule has 0 aliphatic carbocycles. The van der Waals surface area contributed by atoms with Crippen LogP contribution in [0.5, 0.6) is 0 Å². The van der Waals surface area contributed by atoms with Gasteiger partial charge in [0.15, 0.2) is 0 Å².